The average Bonchev–Trinajstić information content (AvgIpc) is 2.79. The van der Waals surface area contributed by atoms with Crippen LogP contribution in [0.1, 0.15) is 96.8 Å². The maximum Gasteiger partial charge on any atom is 0.153 e. The summed E-state index contributed by atoms with van der Waals surface area (Å²) in [5.74, 6) is 0.753. The molecule has 0 spiro atoms. The molecule has 0 radical (unpaired) electrons. The second kappa shape index (κ2) is 16.9. The minimum atomic E-state index is 0.640. The van der Waals surface area contributed by atoms with Gasteiger partial charge in [-0.2, -0.15) is 0 Å². The minimum Gasteiger partial charge on any atom is -0.394 e. The van der Waals surface area contributed by atoms with E-state index in [0.29, 0.717) is 5.69 Å². The van der Waals surface area contributed by atoms with Gasteiger partial charge in [0.1, 0.15) is 17.0 Å². The van der Waals surface area contributed by atoms with E-state index in [0.717, 1.165) is 28.7 Å². The van der Waals surface area contributed by atoms with Crippen LogP contribution in [-0.2, 0) is 0 Å². The molecule has 0 aliphatic heterocycles. The van der Waals surface area contributed by atoms with E-state index >= 15 is 0 Å². The Bertz CT molecular complexity index is 693. The van der Waals surface area contributed by atoms with Gasteiger partial charge in [-0.05, 0) is 18.6 Å². The molecule has 172 valence electrons. The first-order valence-electron chi connectivity index (χ1n) is 12.4. The van der Waals surface area contributed by atoms with Gasteiger partial charge in [-0.25, -0.2) is 9.97 Å². The van der Waals surface area contributed by atoms with Gasteiger partial charge in [-0.3, -0.25) is 0 Å². The Morgan fingerprint density at radius 3 is 1.87 bits per heavy atom. The lowest BCUT2D eigenvalue weighted by Gasteiger charge is -2.11. The summed E-state index contributed by atoms with van der Waals surface area (Å²) in [5.41, 5.74) is 6.92. The maximum absolute atomic E-state index is 6.28. The highest BCUT2D eigenvalue weighted by molar-refractivity contribution is 7.99. The van der Waals surface area contributed by atoms with Crippen LogP contribution in [0.2, 0.25) is 0 Å². The molecule has 0 saturated heterocycles. The van der Waals surface area contributed by atoms with E-state index in [1.807, 2.05) is 18.2 Å². The molecular weight excluding hydrogens is 400 g/mol. The number of nitrogens with zero attached hydrogens (tertiary/aromatic N) is 2. The lowest BCUT2D eigenvalue weighted by molar-refractivity contribution is 0.537. The highest BCUT2D eigenvalue weighted by Gasteiger charge is 2.09. The molecule has 0 aliphatic rings. The van der Waals surface area contributed by atoms with Crippen LogP contribution in [0.15, 0.2) is 46.6 Å². The zero-order valence-corrected chi connectivity index (χ0v) is 20.3. The van der Waals surface area contributed by atoms with Gasteiger partial charge in [0.2, 0.25) is 0 Å². The van der Waals surface area contributed by atoms with Gasteiger partial charge in [0.25, 0.3) is 0 Å². The van der Waals surface area contributed by atoms with E-state index in [4.69, 9.17) is 5.73 Å². The number of hydrogen-bond acceptors (Lipinski definition) is 5. The van der Waals surface area contributed by atoms with Crippen LogP contribution in [0, 0.1) is 0 Å². The third kappa shape index (κ3) is 11.4. The quantitative estimate of drug-likeness (QED) is 0.180. The lowest BCUT2D eigenvalue weighted by Crippen LogP contribution is -2.07. The second-order valence-corrected chi connectivity index (χ2v) is 9.44. The molecule has 0 atom stereocenters. The van der Waals surface area contributed by atoms with Crippen molar-refractivity contribution < 1.29 is 0 Å². The smallest absolute Gasteiger partial charge is 0.153 e. The molecule has 2 aromatic rings. The number of unbranched alkanes of at least 4 members (excludes halogenated alkanes) is 13. The van der Waals surface area contributed by atoms with E-state index in [1.165, 1.54) is 83.5 Å². The first kappa shape index (κ1) is 25.5. The van der Waals surface area contributed by atoms with Gasteiger partial charge in [-0.15, -0.1) is 0 Å². The predicted molar refractivity (Wildman–Crippen MR) is 136 cm³/mol. The molecule has 5 heteroatoms. The van der Waals surface area contributed by atoms with E-state index < -0.39 is 0 Å². The zero-order valence-electron chi connectivity index (χ0n) is 19.5. The largest absolute Gasteiger partial charge is 0.394 e. The van der Waals surface area contributed by atoms with Crippen molar-refractivity contribution in [1.29, 1.82) is 0 Å². The van der Waals surface area contributed by atoms with Crippen LogP contribution in [0.5, 0.6) is 0 Å². The van der Waals surface area contributed by atoms with Gasteiger partial charge in [0.05, 0.1) is 0 Å². The van der Waals surface area contributed by atoms with Crippen molar-refractivity contribution in [2.45, 2.75) is 107 Å². The average molecular weight is 443 g/mol. The van der Waals surface area contributed by atoms with Crippen LogP contribution in [0.25, 0.3) is 0 Å². The first-order chi connectivity index (χ1) is 15.3. The third-order valence-corrected chi connectivity index (χ3v) is 6.65. The second-order valence-electron chi connectivity index (χ2n) is 8.38. The number of benzene rings is 1. The van der Waals surface area contributed by atoms with E-state index in [1.54, 1.807) is 18.1 Å². The molecule has 3 N–H and O–H groups in total. The first-order valence-corrected chi connectivity index (χ1v) is 13.2. The molecule has 1 heterocycles. The van der Waals surface area contributed by atoms with Gasteiger partial charge >= 0.3 is 0 Å². The normalized spacial score (nSPS) is 11.0. The number of rotatable bonds is 18. The number of nitrogens with two attached hydrogens (primary N) is 1. The van der Waals surface area contributed by atoms with Crippen LogP contribution in [0.3, 0.4) is 0 Å². The highest BCUT2D eigenvalue weighted by atomic mass is 32.2. The summed E-state index contributed by atoms with van der Waals surface area (Å²) >= 11 is 1.58. The topological polar surface area (TPSA) is 63.8 Å². The van der Waals surface area contributed by atoms with Crippen LogP contribution >= 0.6 is 11.8 Å². The molecule has 4 nitrogen and oxygen atoms in total. The lowest BCUT2D eigenvalue weighted by atomic mass is 10.0. The standard InChI is InChI=1S/C26H42N4S/c1-2-3-4-5-6-7-8-9-10-11-12-13-14-18-21-28-25-24(27)26(30-22-29-25)31-23-19-16-15-17-20-23/h15-17,19-20,22H,2-14,18,21,27H2,1H3,(H,28,29,30). The molecule has 0 amide bonds. The molecule has 1 aromatic heterocycles. The van der Waals surface area contributed by atoms with Crippen molar-refractivity contribution in [1.82, 2.24) is 9.97 Å². The Hall–Kier alpha value is -1.75. The van der Waals surface area contributed by atoms with E-state index in [2.05, 4.69) is 34.3 Å². The van der Waals surface area contributed by atoms with Crippen LogP contribution < -0.4 is 11.1 Å². The van der Waals surface area contributed by atoms with E-state index in [-0.39, 0.29) is 0 Å². The number of hydrogen-bond donors (Lipinski definition) is 2. The summed E-state index contributed by atoms with van der Waals surface area (Å²) in [6.45, 7) is 3.20. The van der Waals surface area contributed by atoms with Crippen molar-refractivity contribution >= 4 is 23.3 Å². The predicted octanol–water partition coefficient (Wildman–Crippen LogP) is 8.10. The summed E-state index contributed by atoms with van der Waals surface area (Å²) in [4.78, 5) is 9.80. The highest BCUT2D eigenvalue weighted by Crippen LogP contribution is 2.32. The molecule has 1 aromatic carbocycles. The SMILES string of the molecule is CCCCCCCCCCCCCCCCNc1ncnc(Sc2ccccc2)c1N. The molecule has 0 fully saturated rings. The Balaban J connectivity index is 1.47. The molecule has 0 saturated carbocycles. The number of aromatic nitrogens is 2. The fourth-order valence-corrected chi connectivity index (χ4v) is 4.55. The third-order valence-electron chi connectivity index (χ3n) is 5.63. The van der Waals surface area contributed by atoms with Crippen molar-refractivity contribution in [3.05, 3.63) is 36.7 Å². The molecule has 0 aliphatic carbocycles. The Morgan fingerprint density at radius 1 is 0.742 bits per heavy atom. The summed E-state index contributed by atoms with van der Waals surface area (Å²) in [5, 5.41) is 4.20. The summed E-state index contributed by atoms with van der Waals surface area (Å²) < 4.78 is 0. The molecular formula is C26H42N4S. The molecule has 31 heavy (non-hydrogen) atoms. The van der Waals surface area contributed by atoms with Crippen molar-refractivity contribution in [3.8, 4) is 0 Å². The molecule has 2 rings (SSSR count). The van der Waals surface area contributed by atoms with Crippen molar-refractivity contribution in [2.75, 3.05) is 17.6 Å². The fourth-order valence-electron chi connectivity index (χ4n) is 3.73. The summed E-state index contributed by atoms with van der Waals surface area (Å²) in [6.07, 6.45) is 20.9. The van der Waals surface area contributed by atoms with Gasteiger partial charge < -0.3 is 11.1 Å². The Morgan fingerprint density at radius 2 is 1.29 bits per heavy atom. The molecule has 0 bridgehead atoms. The van der Waals surface area contributed by atoms with Crippen molar-refractivity contribution in [2.24, 2.45) is 0 Å². The number of anilines is 2. The minimum absolute atomic E-state index is 0.640. The zero-order chi connectivity index (χ0) is 22.0. The Kier molecular flexibility index (Phi) is 13.9. The monoisotopic (exact) mass is 442 g/mol. The molecule has 0 unspecified atom stereocenters. The fraction of sp³-hybridized carbons (Fsp3) is 0.615. The Labute approximate surface area is 194 Å². The van der Waals surface area contributed by atoms with Crippen LogP contribution in [0.4, 0.5) is 11.5 Å². The van der Waals surface area contributed by atoms with Gasteiger partial charge in [0, 0.05) is 11.4 Å². The number of nitrogen functional groups attached to an aromatic ring is 1. The van der Waals surface area contributed by atoms with E-state index in [9.17, 15) is 0 Å². The number of nitrogens with one attached hydrogen (secondary N) is 1. The van der Waals surface area contributed by atoms with Crippen molar-refractivity contribution in [3.63, 3.8) is 0 Å². The maximum atomic E-state index is 6.28. The van der Waals surface area contributed by atoms with Crippen LogP contribution in [-0.4, -0.2) is 16.5 Å². The summed E-state index contributed by atoms with van der Waals surface area (Å²) in [7, 11) is 0. The van der Waals surface area contributed by atoms with Gasteiger partial charge in [0.15, 0.2) is 5.82 Å². The summed E-state index contributed by atoms with van der Waals surface area (Å²) in [6, 6.07) is 10.2. The van der Waals surface area contributed by atoms with Gasteiger partial charge in [-0.1, -0.05) is 120 Å².